The number of rotatable bonds is 10. The Kier molecular flexibility index (Phi) is 9.03. The summed E-state index contributed by atoms with van der Waals surface area (Å²) in [6.45, 7) is 5.71. The van der Waals surface area contributed by atoms with E-state index in [4.69, 9.17) is 9.47 Å². The fourth-order valence-electron chi connectivity index (χ4n) is 3.73. The second-order valence-electron chi connectivity index (χ2n) is 9.54. The van der Waals surface area contributed by atoms with Crippen molar-refractivity contribution in [3.63, 3.8) is 0 Å². The molecule has 3 rings (SSSR count). The highest BCUT2D eigenvalue weighted by atomic mass is 16.6. The van der Waals surface area contributed by atoms with Crippen LogP contribution in [0.15, 0.2) is 84.9 Å². The lowest BCUT2D eigenvalue weighted by atomic mass is 9.95. The van der Waals surface area contributed by atoms with Crippen LogP contribution in [-0.4, -0.2) is 17.5 Å². The number of benzene rings is 3. The molecule has 0 saturated heterocycles. The zero-order valence-electron chi connectivity index (χ0n) is 20.3. The third-order valence-electron chi connectivity index (χ3n) is 5.47. The van der Waals surface area contributed by atoms with Crippen molar-refractivity contribution in [3.05, 3.63) is 96.1 Å². The van der Waals surface area contributed by atoms with E-state index in [9.17, 15) is 9.59 Å². The molecule has 0 aromatic heterocycles. The van der Waals surface area contributed by atoms with Crippen LogP contribution in [0.2, 0.25) is 0 Å². The zero-order valence-corrected chi connectivity index (χ0v) is 20.3. The maximum atomic E-state index is 12.8. The Hall–Kier alpha value is -3.40. The molecule has 0 N–H and O–H groups in total. The van der Waals surface area contributed by atoms with E-state index >= 15 is 0 Å². The summed E-state index contributed by atoms with van der Waals surface area (Å²) < 4.78 is 11.0. The van der Waals surface area contributed by atoms with Gasteiger partial charge in [0.05, 0.1) is 12.3 Å². The molecule has 34 heavy (non-hydrogen) atoms. The molecule has 0 radical (unpaired) electrons. The van der Waals surface area contributed by atoms with Gasteiger partial charge in [-0.25, -0.2) is 0 Å². The number of ether oxygens (including phenoxy) is 2. The van der Waals surface area contributed by atoms with Crippen LogP contribution < -0.4 is 0 Å². The van der Waals surface area contributed by atoms with Crippen molar-refractivity contribution in [3.8, 4) is 11.1 Å². The van der Waals surface area contributed by atoms with E-state index in [1.165, 1.54) is 16.7 Å². The molecule has 3 aromatic rings. The lowest BCUT2D eigenvalue weighted by molar-refractivity contribution is -0.164. The normalized spacial score (nSPS) is 12.1. The van der Waals surface area contributed by atoms with Crippen molar-refractivity contribution in [1.29, 1.82) is 0 Å². The highest BCUT2D eigenvalue weighted by molar-refractivity contribution is 5.80. The number of hydrogen-bond donors (Lipinski definition) is 0. The molecule has 0 aliphatic rings. The second kappa shape index (κ2) is 12.2. The van der Waals surface area contributed by atoms with Crippen molar-refractivity contribution >= 4 is 11.9 Å². The third kappa shape index (κ3) is 8.51. The number of carbonyl (C=O) groups excluding carboxylic acids is 2. The average molecular weight is 459 g/mol. The van der Waals surface area contributed by atoms with Gasteiger partial charge in [-0.3, -0.25) is 9.59 Å². The van der Waals surface area contributed by atoms with E-state index in [1.807, 2.05) is 69.3 Å². The van der Waals surface area contributed by atoms with E-state index in [-0.39, 0.29) is 25.0 Å². The molecule has 0 amide bonds. The largest absolute Gasteiger partial charge is 0.461 e. The summed E-state index contributed by atoms with van der Waals surface area (Å²) in [5.41, 5.74) is 3.89. The van der Waals surface area contributed by atoms with Crippen molar-refractivity contribution in [1.82, 2.24) is 0 Å². The number of hydrogen-bond acceptors (Lipinski definition) is 4. The Labute approximate surface area is 202 Å². The minimum absolute atomic E-state index is 0.0225. The molecular formula is C30H34O4. The Morgan fingerprint density at radius 2 is 1.35 bits per heavy atom. The van der Waals surface area contributed by atoms with Gasteiger partial charge >= 0.3 is 11.9 Å². The van der Waals surface area contributed by atoms with Crippen LogP contribution in [0.4, 0.5) is 0 Å². The molecule has 178 valence electrons. The Bertz CT molecular complexity index is 1030. The van der Waals surface area contributed by atoms with Crippen LogP contribution in [0.25, 0.3) is 11.1 Å². The third-order valence-corrected chi connectivity index (χ3v) is 5.47. The summed E-state index contributed by atoms with van der Waals surface area (Å²) in [5, 5.41) is 0. The van der Waals surface area contributed by atoms with Crippen molar-refractivity contribution in [2.45, 2.75) is 58.7 Å². The standard InChI is InChI=1S/C30H34O4/c1-30(2,3)34-29(32)27(21-28(31)33-22-24-11-6-4-7-12-24)16-10-13-23-17-19-26(20-18-23)25-14-8-5-9-15-25/h4-9,11-12,14-15,17-20,27H,10,13,16,21-22H2,1-3H3. The van der Waals surface area contributed by atoms with Crippen LogP contribution in [0.5, 0.6) is 0 Å². The topological polar surface area (TPSA) is 52.6 Å². The number of aryl methyl sites for hydroxylation is 1. The summed E-state index contributed by atoms with van der Waals surface area (Å²) in [4.78, 5) is 25.3. The highest BCUT2D eigenvalue weighted by Gasteiger charge is 2.27. The van der Waals surface area contributed by atoms with E-state index in [1.54, 1.807) is 0 Å². The van der Waals surface area contributed by atoms with Gasteiger partial charge in [-0.05, 0) is 62.3 Å². The van der Waals surface area contributed by atoms with Crippen molar-refractivity contribution in [2.24, 2.45) is 5.92 Å². The summed E-state index contributed by atoms with van der Waals surface area (Å²) >= 11 is 0. The van der Waals surface area contributed by atoms with E-state index in [0.717, 1.165) is 18.4 Å². The van der Waals surface area contributed by atoms with Crippen molar-refractivity contribution < 1.29 is 19.1 Å². The molecule has 0 aliphatic carbocycles. The van der Waals surface area contributed by atoms with E-state index in [2.05, 4.69) is 36.4 Å². The van der Waals surface area contributed by atoms with E-state index in [0.29, 0.717) is 6.42 Å². The molecule has 0 saturated carbocycles. The molecule has 4 heteroatoms. The summed E-state index contributed by atoms with van der Waals surface area (Å²) in [7, 11) is 0. The monoisotopic (exact) mass is 458 g/mol. The first-order valence-electron chi connectivity index (χ1n) is 11.9. The minimum atomic E-state index is -0.601. The quantitative estimate of drug-likeness (QED) is 0.315. The van der Waals surface area contributed by atoms with Gasteiger partial charge in [-0.15, -0.1) is 0 Å². The van der Waals surface area contributed by atoms with E-state index < -0.39 is 11.5 Å². The van der Waals surface area contributed by atoms with Crippen LogP contribution >= 0.6 is 0 Å². The summed E-state index contributed by atoms with van der Waals surface area (Å²) in [5.74, 6) is -1.25. The molecule has 0 heterocycles. The second-order valence-corrected chi connectivity index (χ2v) is 9.54. The van der Waals surface area contributed by atoms with Gasteiger partial charge in [0.2, 0.25) is 0 Å². The Morgan fingerprint density at radius 1 is 0.765 bits per heavy atom. The summed E-state index contributed by atoms with van der Waals surface area (Å²) in [6.07, 6.45) is 2.19. The number of carbonyl (C=O) groups is 2. The smallest absolute Gasteiger partial charge is 0.310 e. The predicted octanol–water partition coefficient (Wildman–Crippen LogP) is 6.77. The molecule has 4 nitrogen and oxygen atoms in total. The fraction of sp³-hybridized carbons (Fsp3) is 0.333. The van der Waals surface area contributed by atoms with Crippen molar-refractivity contribution in [2.75, 3.05) is 0 Å². The van der Waals surface area contributed by atoms with Gasteiger partial charge in [-0.1, -0.05) is 84.9 Å². The maximum Gasteiger partial charge on any atom is 0.310 e. The molecule has 0 bridgehead atoms. The highest BCUT2D eigenvalue weighted by Crippen LogP contribution is 2.23. The van der Waals surface area contributed by atoms with Gasteiger partial charge < -0.3 is 9.47 Å². The first kappa shape index (κ1) is 25.2. The first-order chi connectivity index (χ1) is 16.3. The van der Waals surface area contributed by atoms with Gasteiger partial charge in [0.15, 0.2) is 0 Å². The van der Waals surface area contributed by atoms with Gasteiger partial charge in [0.1, 0.15) is 12.2 Å². The van der Waals surface area contributed by atoms with Crippen LogP contribution in [0, 0.1) is 5.92 Å². The number of esters is 2. The van der Waals surface area contributed by atoms with Crippen LogP contribution in [-0.2, 0) is 32.1 Å². The lowest BCUT2D eigenvalue weighted by Crippen LogP contribution is -2.30. The van der Waals surface area contributed by atoms with Crippen LogP contribution in [0.3, 0.4) is 0 Å². The molecule has 3 aromatic carbocycles. The maximum absolute atomic E-state index is 12.8. The minimum Gasteiger partial charge on any atom is -0.461 e. The first-order valence-corrected chi connectivity index (χ1v) is 11.9. The average Bonchev–Trinajstić information content (AvgIpc) is 2.83. The molecular weight excluding hydrogens is 424 g/mol. The Morgan fingerprint density at radius 3 is 1.97 bits per heavy atom. The SMILES string of the molecule is CC(C)(C)OC(=O)C(CCCc1ccc(-c2ccccc2)cc1)CC(=O)OCc1ccccc1. The zero-order chi connectivity index (χ0) is 24.4. The molecule has 0 spiro atoms. The molecule has 0 aliphatic heterocycles. The molecule has 1 atom stereocenters. The summed E-state index contributed by atoms with van der Waals surface area (Å²) in [6, 6.07) is 28.3. The predicted molar refractivity (Wildman–Crippen MR) is 135 cm³/mol. The lowest BCUT2D eigenvalue weighted by Gasteiger charge is -2.23. The molecule has 1 unspecified atom stereocenters. The molecule has 0 fully saturated rings. The van der Waals surface area contributed by atoms with Gasteiger partial charge in [0, 0.05) is 0 Å². The Balaban J connectivity index is 1.55. The van der Waals surface area contributed by atoms with Gasteiger partial charge in [-0.2, -0.15) is 0 Å². The fourth-order valence-corrected chi connectivity index (χ4v) is 3.73. The van der Waals surface area contributed by atoms with Gasteiger partial charge in [0.25, 0.3) is 0 Å². The van der Waals surface area contributed by atoms with Crippen LogP contribution in [0.1, 0.15) is 51.2 Å².